The third kappa shape index (κ3) is 3.70. The normalized spacial score (nSPS) is 30.8. The molecule has 0 spiro atoms. The number of hydrogen-bond donors (Lipinski definition) is 2. The molecule has 4 nitrogen and oxygen atoms in total. The molecule has 0 amide bonds. The van der Waals surface area contributed by atoms with Crippen LogP contribution in [0.2, 0.25) is 0 Å². The zero-order valence-electron chi connectivity index (χ0n) is 10.7. The van der Waals surface area contributed by atoms with Gasteiger partial charge in [0, 0.05) is 38.3 Å². The Hall–Kier alpha value is -0.160. The lowest BCUT2D eigenvalue weighted by Gasteiger charge is -2.34. The second kappa shape index (κ2) is 5.96. The van der Waals surface area contributed by atoms with Gasteiger partial charge in [0.05, 0.1) is 0 Å². The number of nitrogens with one attached hydrogen (secondary N) is 2. The highest BCUT2D eigenvalue weighted by Gasteiger charge is 2.20. The summed E-state index contributed by atoms with van der Waals surface area (Å²) in [5.74, 6) is 0. The topological polar surface area (TPSA) is 30.5 Å². The van der Waals surface area contributed by atoms with E-state index in [4.69, 9.17) is 0 Å². The van der Waals surface area contributed by atoms with Gasteiger partial charge in [-0.25, -0.2) is 0 Å². The summed E-state index contributed by atoms with van der Waals surface area (Å²) in [5.41, 5.74) is 0. The molecule has 2 N–H and O–H groups in total. The average molecular weight is 226 g/mol. The number of piperazine rings is 1. The van der Waals surface area contributed by atoms with E-state index in [0.717, 1.165) is 19.1 Å². The van der Waals surface area contributed by atoms with Crippen molar-refractivity contribution in [2.75, 3.05) is 53.4 Å². The van der Waals surface area contributed by atoms with Crippen molar-refractivity contribution in [1.82, 2.24) is 20.4 Å². The van der Waals surface area contributed by atoms with Crippen molar-refractivity contribution in [1.29, 1.82) is 0 Å². The lowest BCUT2D eigenvalue weighted by molar-refractivity contribution is 0.208. The van der Waals surface area contributed by atoms with Crippen LogP contribution in [0.4, 0.5) is 0 Å². The lowest BCUT2D eigenvalue weighted by atomic mass is 10.1. The minimum Gasteiger partial charge on any atom is -0.312 e. The fourth-order valence-electron chi connectivity index (χ4n) is 2.65. The van der Waals surface area contributed by atoms with Crippen molar-refractivity contribution >= 4 is 0 Å². The highest BCUT2D eigenvalue weighted by Crippen LogP contribution is 2.08. The minimum absolute atomic E-state index is 0.637. The van der Waals surface area contributed by atoms with Crippen LogP contribution in [0.5, 0.6) is 0 Å². The monoisotopic (exact) mass is 226 g/mol. The minimum atomic E-state index is 0.637. The van der Waals surface area contributed by atoms with Crippen molar-refractivity contribution < 1.29 is 0 Å². The van der Waals surface area contributed by atoms with Gasteiger partial charge in [0.2, 0.25) is 0 Å². The maximum atomic E-state index is 3.72. The second-order valence-corrected chi connectivity index (χ2v) is 5.40. The van der Waals surface area contributed by atoms with Crippen LogP contribution in [-0.2, 0) is 0 Å². The van der Waals surface area contributed by atoms with E-state index in [-0.39, 0.29) is 0 Å². The summed E-state index contributed by atoms with van der Waals surface area (Å²) in [7, 11) is 4.43. The summed E-state index contributed by atoms with van der Waals surface area (Å²) in [6.07, 6.45) is 2.61. The first-order valence-corrected chi connectivity index (χ1v) is 6.58. The van der Waals surface area contributed by atoms with Crippen molar-refractivity contribution in [3.63, 3.8) is 0 Å². The summed E-state index contributed by atoms with van der Waals surface area (Å²) in [5, 5.41) is 7.30. The van der Waals surface area contributed by atoms with Crippen molar-refractivity contribution in [3.05, 3.63) is 0 Å². The largest absolute Gasteiger partial charge is 0.312 e. The van der Waals surface area contributed by atoms with Crippen LogP contribution in [0.1, 0.15) is 12.8 Å². The maximum absolute atomic E-state index is 3.72. The number of piperidine rings is 1. The fraction of sp³-hybridized carbons (Fsp3) is 1.00. The summed E-state index contributed by atoms with van der Waals surface area (Å²) in [6, 6.07) is 1.38. The van der Waals surface area contributed by atoms with E-state index in [1.54, 1.807) is 0 Å². The Morgan fingerprint density at radius 3 is 2.56 bits per heavy atom. The van der Waals surface area contributed by atoms with Crippen LogP contribution in [0, 0.1) is 0 Å². The van der Waals surface area contributed by atoms with E-state index < -0.39 is 0 Å². The van der Waals surface area contributed by atoms with E-state index in [0.29, 0.717) is 6.04 Å². The van der Waals surface area contributed by atoms with Crippen LogP contribution in [-0.4, -0.2) is 75.2 Å². The van der Waals surface area contributed by atoms with Crippen LogP contribution in [0.25, 0.3) is 0 Å². The van der Waals surface area contributed by atoms with Gasteiger partial charge in [0.25, 0.3) is 0 Å². The number of likely N-dealkylation sites (N-methyl/N-ethyl adjacent to an activating group) is 1. The van der Waals surface area contributed by atoms with Gasteiger partial charge in [0.1, 0.15) is 0 Å². The molecular formula is C12H26N4. The Bertz CT molecular complexity index is 201. The molecule has 0 aliphatic carbocycles. The van der Waals surface area contributed by atoms with E-state index in [2.05, 4.69) is 34.5 Å². The van der Waals surface area contributed by atoms with E-state index in [9.17, 15) is 0 Å². The Morgan fingerprint density at radius 2 is 1.88 bits per heavy atom. The highest BCUT2D eigenvalue weighted by atomic mass is 15.2. The molecule has 0 aromatic carbocycles. The SMILES string of the molecule is CN1CCC(NCC2CN(C)CCN2)CC1. The molecule has 0 aromatic heterocycles. The standard InChI is InChI=1S/C12H26N4/c1-15-6-3-11(4-7-15)14-9-12-10-16(2)8-5-13-12/h11-14H,3-10H2,1-2H3. The lowest BCUT2D eigenvalue weighted by Crippen LogP contribution is -2.55. The zero-order chi connectivity index (χ0) is 11.4. The Kier molecular flexibility index (Phi) is 4.58. The molecule has 2 rings (SSSR count). The van der Waals surface area contributed by atoms with Gasteiger partial charge in [-0.15, -0.1) is 0 Å². The third-order valence-electron chi connectivity index (χ3n) is 3.83. The van der Waals surface area contributed by atoms with E-state index >= 15 is 0 Å². The summed E-state index contributed by atoms with van der Waals surface area (Å²) >= 11 is 0. The Balaban J connectivity index is 1.63. The smallest absolute Gasteiger partial charge is 0.0320 e. The molecule has 0 bridgehead atoms. The zero-order valence-corrected chi connectivity index (χ0v) is 10.7. The van der Waals surface area contributed by atoms with Gasteiger partial charge < -0.3 is 20.4 Å². The molecule has 0 radical (unpaired) electrons. The molecule has 4 heteroatoms. The molecule has 1 unspecified atom stereocenters. The van der Waals surface area contributed by atoms with Crippen LogP contribution in [0.3, 0.4) is 0 Å². The van der Waals surface area contributed by atoms with Crippen molar-refractivity contribution in [3.8, 4) is 0 Å². The van der Waals surface area contributed by atoms with Gasteiger partial charge in [-0.3, -0.25) is 0 Å². The van der Waals surface area contributed by atoms with Gasteiger partial charge in [-0.1, -0.05) is 0 Å². The summed E-state index contributed by atoms with van der Waals surface area (Å²) in [6.45, 7) is 7.12. The van der Waals surface area contributed by atoms with Gasteiger partial charge >= 0.3 is 0 Å². The molecule has 2 saturated heterocycles. The molecule has 2 heterocycles. The number of hydrogen-bond acceptors (Lipinski definition) is 4. The number of likely N-dealkylation sites (tertiary alicyclic amines) is 1. The predicted molar refractivity (Wildman–Crippen MR) is 67.8 cm³/mol. The summed E-state index contributed by atoms with van der Waals surface area (Å²) < 4.78 is 0. The van der Waals surface area contributed by atoms with Crippen molar-refractivity contribution in [2.45, 2.75) is 24.9 Å². The molecule has 2 aliphatic heterocycles. The summed E-state index contributed by atoms with van der Waals surface area (Å²) in [4.78, 5) is 4.84. The Labute approximate surface area is 99.4 Å². The number of rotatable bonds is 3. The fourth-order valence-corrected chi connectivity index (χ4v) is 2.65. The molecule has 1 atom stereocenters. The average Bonchev–Trinajstić information content (AvgIpc) is 2.28. The van der Waals surface area contributed by atoms with E-state index in [1.165, 1.54) is 39.0 Å². The van der Waals surface area contributed by atoms with Gasteiger partial charge in [0.15, 0.2) is 0 Å². The molecule has 16 heavy (non-hydrogen) atoms. The van der Waals surface area contributed by atoms with Gasteiger partial charge in [-0.05, 0) is 40.0 Å². The van der Waals surface area contributed by atoms with Crippen LogP contribution >= 0.6 is 0 Å². The first-order valence-electron chi connectivity index (χ1n) is 6.58. The molecule has 94 valence electrons. The number of nitrogens with zero attached hydrogens (tertiary/aromatic N) is 2. The third-order valence-corrected chi connectivity index (χ3v) is 3.83. The van der Waals surface area contributed by atoms with Crippen LogP contribution in [0.15, 0.2) is 0 Å². The molecule has 0 aromatic rings. The highest BCUT2D eigenvalue weighted by molar-refractivity contribution is 4.82. The quantitative estimate of drug-likeness (QED) is 0.684. The van der Waals surface area contributed by atoms with Gasteiger partial charge in [-0.2, -0.15) is 0 Å². The molecule has 0 saturated carbocycles. The predicted octanol–water partition coefficient (Wildman–Crippen LogP) is -0.426. The van der Waals surface area contributed by atoms with Crippen molar-refractivity contribution in [2.24, 2.45) is 0 Å². The Morgan fingerprint density at radius 1 is 1.12 bits per heavy atom. The molecular weight excluding hydrogens is 200 g/mol. The molecule has 2 aliphatic rings. The van der Waals surface area contributed by atoms with E-state index in [1.807, 2.05) is 0 Å². The second-order valence-electron chi connectivity index (χ2n) is 5.40. The van der Waals surface area contributed by atoms with Crippen LogP contribution < -0.4 is 10.6 Å². The molecule has 2 fully saturated rings. The maximum Gasteiger partial charge on any atom is 0.0320 e. The first-order chi connectivity index (χ1) is 7.74. The first kappa shape index (κ1) is 12.3.